The van der Waals surface area contributed by atoms with Crippen LogP contribution in [0.25, 0.3) is 24.3 Å². The summed E-state index contributed by atoms with van der Waals surface area (Å²) in [5, 5.41) is 0. The van der Waals surface area contributed by atoms with E-state index >= 15 is 0 Å². The molecule has 0 bridgehead atoms. The maximum atomic E-state index is 2.24. The summed E-state index contributed by atoms with van der Waals surface area (Å²) in [7, 11) is 0. The molecule has 2 heterocycles. The highest BCUT2D eigenvalue weighted by molar-refractivity contribution is 7.14. The number of hydrogen-bond donors (Lipinski definition) is 0. The Morgan fingerprint density at radius 2 is 0.846 bits per heavy atom. The highest BCUT2D eigenvalue weighted by Crippen LogP contribution is 2.25. The predicted octanol–water partition coefficient (Wildman–Crippen LogP) is 7.49. The van der Waals surface area contributed by atoms with Crippen molar-refractivity contribution in [2.75, 3.05) is 0 Å². The van der Waals surface area contributed by atoms with Crippen molar-refractivity contribution in [3.05, 3.63) is 105 Å². The first-order valence-corrected chi connectivity index (χ1v) is 10.4. The number of allylic oxidation sites excluding steroid dienone is 10. The van der Waals surface area contributed by atoms with Crippen LogP contribution in [0.2, 0.25) is 0 Å². The average Bonchev–Trinajstić information content (AvgIpc) is 3.46. The van der Waals surface area contributed by atoms with Crippen LogP contribution in [0.15, 0.2) is 85.0 Å². The summed E-state index contributed by atoms with van der Waals surface area (Å²) in [5.41, 5.74) is 0. The Kier molecular flexibility index (Phi) is 5.44. The first kappa shape index (κ1) is 17.0. The van der Waals surface area contributed by atoms with E-state index in [0.717, 1.165) is 0 Å². The smallest absolute Gasteiger partial charge is 0.0277 e. The number of rotatable bonds is 6. The Morgan fingerprint density at radius 3 is 1.23 bits per heavy atom. The standard InChI is InChI=1S/C24H20S2/c1-2-6-19(5-1)9-11-21-13-15-23(25-21)17-18-24-16-14-22(26-24)12-10-20-7-3-4-8-20/h1-20H/b11-9+,12-10+,18-17+. The number of hydrogen-bond acceptors (Lipinski definition) is 2. The molecule has 0 N–H and O–H groups in total. The van der Waals surface area contributed by atoms with Crippen molar-refractivity contribution in [2.45, 2.75) is 0 Å². The quantitative estimate of drug-likeness (QED) is 0.493. The van der Waals surface area contributed by atoms with Crippen molar-refractivity contribution < 1.29 is 0 Å². The van der Waals surface area contributed by atoms with Crippen LogP contribution in [0, 0.1) is 11.8 Å². The molecule has 0 spiro atoms. The zero-order valence-corrected chi connectivity index (χ0v) is 16.0. The summed E-state index contributed by atoms with van der Waals surface area (Å²) in [5.74, 6) is 0.896. The van der Waals surface area contributed by atoms with E-state index in [-0.39, 0.29) is 0 Å². The molecule has 2 heteroatoms. The molecule has 0 radical (unpaired) electrons. The molecule has 4 rings (SSSR count). The highest BCUT2D eigenvalue weighted by Gasteiger charge is 2.01. The van der Waals surface area contributed by atoms with Gasteiger partial charge in [-0.05, 0) is 48.6 Å². The van der Waals surface area contributed by atoms with Crippen LogP contribution < -0.4 is 0 Å². The summed E-state index contributed by atoms with van der Waals surface area (Å²) in [6.45, 7) is 0. The molecule has 2 aliphatic rings. The fraction of sp³-hybridized carbons (Fsp3) is 0.0833. The molecule has 0 fully saturated rings. The Morgan fingerprint density at radius 1 is 0.500 bits per heavy atom. The van der Waals surface area contributed by atoms with Gasteiger partial charge in [-0.3, -0.25) is 0 Å². The van der Waals surface area contributed by atoms with Crippen LogP contribution in [0.5, 0.6) is 0 Å². The molecule has 0 aliphatic heterocycles. The molecule has 0 saturated heterocycles. The van der Waals surface area contributed by atoms with Crippen LogP contribution in [-0.4, -0.2) is 0 Å². The topological polar surface area (TPSA) is 0 Å². The Labute approximate surface area is 163 Å². The van der Waals surface area contributed by atoms with E-state index in [1.54, 1.807) is 0 Å². The van der Waals surface area contributed by atoms with E-state index in [4.69, 9.17) is 0 Å². The monoisotopic (exact) mass is 372 g/mol. The zero-order chi connectivity index (χ0) is 17.6. The summed E-state index contributed by atoms with van der Waals surface area (Å²) < 4.78 is 0. The van der Waals surface area contributed by atoms with Gasteiger partial charge in [-0.1, -0.05) is 60.8 Å². The van der Waals surface area contributed by atoms with Crippen molar-refractivity contribution in [1.82, 2.24) is 0 Å². The lowest BCUT2D eigenvalue weighted by Gasteiger charge is -1.93. The zero-order valence-electron chi connectivity index (χ0n) is 14.4. The molecule has 0 nitrogen and oxygen atoms in total. The van der Waals surface area contributed by atoms with Gasteiger partial charge in [0, 0.05) is 31.3 Å². The fourth-order valence-electron chi connectivity index (χ4n) is 2.83. The van der Waals surface area contributed by atoms with Crippen LogP contribution in [0.3, 0.4) is 0 Å². The van der Waals surface area contributed by atoms with Crippen molar-refractivity contribution >= 4 is 47.0 Å². The van der Waals surface area contributed by atoms with Crippen LogP contribution in [0.1, 0.15) is 19.5 Å². The minimum atomic E-state index is 0.448. The second-order valence-corrected chi connectivity index (χ2v) is 8.52. The van der Waals surface area contributed by atoms with Crippen molar-refractivity contribution in [3.8, 4) is 0 Å². The molecule has 2 aliphatic carbocycles. The molecule has 0 amide bonds. The van der Waals surface area contributed by atoms with E-state index in [2.05, 4.69) is 109 Å². The van der Waals surface area contributed by atoms with Crippen LogP contribution >= 0.6 is 22.7 Å². The van der Waals surface area contributed by atoms with E-state index in [0.29, 0.717) is 11.8 Å². The van der Waals surface area contributed by atoms with Gasteiger partial charge < -0.3 is 0 Å². The van der Waals surface area contributed by atoms with Gasteiger partial charge in [0.1, 0.15) is 0 Å². The van der Waals surface area contributed by atoms with E-state index in [1.807, 2.05) is 22.7 Å². The lowest BCUT2D eigenvalue weighted by molar-refractivity contribution is 1.10. The third kappa shape index (κ3) is 4.60. The van der Waals surface area contributed by atoms with Gasteiger partial charge in [-0.2, -0.15) is 0 Å². The van der Waals surface area contributed by atoms with Crippen LogP contribution in [0.4, 0.5) is 0 Å². The van der Waals surface area contributed by atoms with Gasteiger partial charge >= 0.3 is 0 Å². The summed E-state index contributed by atoms with van der Waals surface area (Å²) in [4.78, 5) is 5.17. The summed E-state index contributed by atoms with van der Waals surface area (Å²) >= 11 is 3.65. The molecule has 0 saturated carbocycles. The van der Waals surface area contributed by atoms with Gasteiger partial charge in [0.2, 0.25) is 0 Å². The normalized spacial score (nSPS) is 17.4. The Hall–Kier alpha value is -2.42. The van der Waals surface area contributed by atoms with E-state index in [9.17, 15) is 0 Å². The van der Waals surface area contributed by atoms with Crippen molar-refractivity contribution in [2.24, 2.45) is 11.8 Å². The molecule has 0 atom stereocenters. The first-order valence-electron chi connectivity index (χ1n) is 8.79. The van der Waals surface area contributed by atoms with Gasteiger partial charge in [0.15, 0.2) is 0 Å². The second kappa shape index (κ2) is 8.31. The maximum Gasteiger partial charge on any atom is 0.0277 e. The lowest BCUT2D eigenvalue weighted by atomic mass is 10.1. The Bertz CT molecular complexity index is 852. The predicted molar refractivity (Wildman–Crippen MR) is 119 cm³/mol. The van der Waals surface area contributed by atoms with Crippen molar-refractivity contribution in [3.63, 3.8) is 0 Å². The highest BCUT2D eigenvalue weighted by atomic mass is 32.1. The summed E-state index contributed by atoms with van der Waals surface area (Å²) in [6, 6.07) is 8.76. The molecule has 0 unspecified atom stereocenters. The molecular weight excluding hydrogens is 352 g/mol. The van der Waals surface area contributed by atoms with Crippen LogP contribution in [-0.2, 0) is 0 Å². The minimum Gasteiger partial charge on any atom is -0.137 e. The SMILES string of the molecule is C1=CC(/C=C/c2ccc(/C=C/c3ccc(/C=C/C4C=CC=C4)s3)s2)C=C1. The second-order valence-electron chi connectivity index (χ2n) is 6.23. The average molecular weight is 373 g/mol. The molecule has 26 heavy (non-hydrogen) atoms. The molecular formula is C24H20S2. The van der Waals surface area contributed by atoms with E-state index < -0.39 is 0 Å². The maximum absolute atomic E-state index is 2.24. The molecule has 0 aromatic carbocycles. The minimum absolute atomic E-state index is 0.448. The Balaban J connectivity index is 1.36. The molecule has 128 valence electrons. The van der Waals surface area contributed by atoms with Gasteiger partial charge in [0.25, 0.3) is 0 Å². The molecule has 2 aromatic heterocycles. The van der Waals surface area contributed by atoms with Gasteiger partial charge in [0.05, 0.1) is 0 Å². The van der Waals surface area contributed by atoms with Gasteiger partial charge in [-0.15, -0.1) is 22.7 Å². The summed E-state index contributed by atoms with van der Waals surface area (Å²) in [6.07, 6.45) is 30.5. The van der Waals surface area contributed by atoms with Crippen molar-refractivity contribution in [1.29, 1.82) is 0 Å². The first-order chi connectivity index (χ1) is 12.8. The number of thiophene rings is 2. The lowest BCUT2D eigenvalue weighted by Crippen LogP contribution is -1.78. The molecule has 2 aromatic rings. The van der Waals surface area contributed by atoms with Gasteiger partial charge in [-0.25, -0.2) is 0 Å². The van der Waals surface area contributed by atoms with E-state index in [1.165, 1.54) is 19.5 Å². The third-order valence-corrected chi connectivity index (χ3v) is 6.26. The fourth-order valence-corrected chi connectivity index (χ4v) is 4.48. The largest absolute Gasteiger partial charge is 0.137 e. The third-order valence-electron chi connectivity index (χ3n) is 4.23.